The molecule has 2 aliphatic rings. The topological polar surface area (TPSA) is 85.9 Å². The number of fused-ring (bicyclic) bond motifs is 4. The quantitative estimate of drug-likeness (QED) is 0.649. The van der Waals surface area contributed by atoms with Gasteiger partial charge in [0.05, 0.1) is 13.2 Å². The van der Waals surface area contributed by atoms with E-state index in [2.05, 4.69) is 17.2 Å². The fourth-order valence-corrected chi connectivity index (χ4v) is 3.08. The Kier molecular flexibility index (Phi) is 3.63. The van der Waals surface area contributed by atoms with Crippen LogP contribution < -0.4 is 20.1 Å². The third-order valence-corrected chi connectivity index (χ3v) is 4.05. The molecule has 7 heteroatoms. The highest BCUT2D eigenvalue weighted by molar-refractivity contribution is 5.84. The minimum atomic E-state index is -1.23. The molecule has 1 fully saturated rings. The number of amides is 2. The van der Waals surface area contributed by atoms with Crippen molar-refractivity contribution >= 4 is 12.0 Å². The van der Waals surface area contributed by atoms with Crippen molar-refractivity contribution in [3.05, 3.63) is 36.4 Å². The first-order valence-electron chi connectivity index (χ1n) is 7.22. The molecule has 23 heavy (non-hydrogen) atoms. The second-order valence-electron chi connectivity index (χ2n) is 5.56. The van der Waals surface area contributed by atoms with Gasteiger partial charge in [-0.25, -0.2) is 4.79 Å². The van der Waals surface area contributed by atoms with Crippen LogP contribution in [0.1, 0.15) is 18.5 Å². The Morgan fingerprint density at radius 3 is 3.00 bits per heavy atom. The fraction of sp³-hybridized carbons (Fsp3) is 0.375. The number of carbonyl (C=O) groups is 2. The average molecular weight is 318 g/mol. The van der Waals surface area contributed by atoms with Crippen LogP contribution in [-0.2, 0) is 9.53 Å². The molecule has 2 amide bonds. The highest BCUT2D eigenvalue weighted by Gasteiger charge is 2.57. The summed E-state index contributed by atoms with van der Waals surface area (Å²) in [5.74, 6) is -0.171. The summed E-state index contributed by atoms with van der Waals surface area (Å²) in [5, 5.41) is 5.44. The Hall–Kier alpha value is -2.70. The van der Waals surface area contributed by atoms with Crippen LogP contribution in [0.25, 0.3) is 0 Å². The molecule has 0 radical (unpaired) electrons. The van der Waals surface area contributed by atoms with E-state index in [0.29, 0.717) is 17.1 Å². The third kappa shape index (κ3) is 2.38. The minimum absolute atomic E-state index is 0.0943. The molecule has 2 aliphatic heterocycles. The molecule has 0 saturated carbocycles. The number of ether oxygens (including phenoxy) is 3. The molecule has 1 saturated heterocycles. The number of hydrogen-bond acceptors (Lipinski definition) is 5. The lowest BCUT2D eigenvalue weighted by molar-refractivity contribution is -0.162. The zero-order valence-corrected chi connectivity index (χ0v) is 12.9. The van der Waals surface area contributed by atoms with E-state index < -0.39 is 29.7 Å². The van der Waals surface area contributed by atoms with Gasteiger partial charge in [0.15, 0.2) is 17.2 Å². The zero-order valence-electron chi connectivity index (χ0n) is 12.9. The molecule has 2 heterocycles. The maximum Gasteiger partial charge on any atom is 0.318 e. The van der Waals surface area contributed by atoms with Crippen molar-refractivity contribution in [2.24, 2.45) is 5.92 Å². The maximum atomic E-state index is 12.5. The Morgan fingerprint density at radius 2 is 2.30 bits per heavy atom. The van der Waals surface area contributed by atoms with Crippen LogP contribution >= 0.6 is 0 Å². The molecule has 0 aromatic heterocycles. The second kappa shape index (κ2) is 5.49. The van der Waals surface area contributed by atoms with Crippen molar-refractivity contribution in [3.8, 4) is 11.5 Å². The number of hydrogen-bond donors (Lipinski definition) is 2. The second-order valence-corrected chi connectivity index (χ2v) is 5.56. The molecular weight excluding hydrogens is 300 g/mol. The molecule has 0 aliphatic carbocycles. The Balaban J connectivity index is 2.07. The summed E-state index contributed by atoms with van der Waals surface area (Å²) in [6, 6.07) is 4.37. The van der Waals surface area contributed by atoms with Crippen LogP contribution in [-0.4, -0.2) is 31.4 Å². The van der Waals surface area contributed by atoms with Gasteiger partial charge in [-0.15, -0.1) is 0 Å². The Bertz CT molecular complexity index is 674. The van der Waals surface area contributed by atoms with Crippen LogP contribution in [0.5, 0.6) is 11.5 Å². The number of esters is 1. The van der Waals surface area contributed by atoms with Crippen LogP contribution in [0.3, 0.4) is 0 Å². The molecule has 0 spiro atoms. The lowest BCUT2D eigenvalue weighted by Crippen LogP contribution is -2.70. The van der Waals surface area contributed by atoms with Crippen molar-refractivity contribution in [1.82, 2.24) is 10.6 Å². The van der Waals surface area contributed by atoms with E-state index in [-0.39, 0.29) is 6.61 Å². The monoisotopic (exact) mass is 318 g/mol. The van der Waals surface area contributed by atoms with Crippen molar-refractivity contribution in [1.29, 1.82) is 0 Å². The molecule has 1 aromatic rings. The van der Waals surface area contributed by atoms with Gasteiger partial charge in [0.2, 0.25) is 0 Å². The van der Waals surface area contributed by atoms with Gasteiger partial charge in [0, 0.05) is 5.56 Å². The number of para-hydroxylation sites is 1. The molecule has 2 bridgehead atoms. The summed E-state index contributed by atoms with van der Waals surface area (Å²) in [4.78, 5) is 24.4. The van der Waals surface area contributed by atoms with Gasteiger partial charge in [-0.3, -0.25) is 10.1 Å². The number of benzene rings is 1. The number of nitrogens with one attached hydrogen (secondary N) is 2. The summed E-state index contributed by atoms with van der Waals surface area (Å²) in [6.07, 6.45) is 1.49. The molecule has 3 atom stereocenters. The van der Waals surface area contributed by atoms with E-state index in [0.717, 1.165) is 0 Å². The van der Waals surface area contributed by atoms with Crippen molar-refractivity contribution in [2.75, 3.05) is 13.7 Å². The van der Waals surface area contributed by atoms with Gasteiger partial charge < -0.3 is 19.5 Å². The van der Waals surface area contributed by atoms with Crippen LogP contribution in [0.2, 0.25) is 0 Å². The van der Waals surface area contributed by atoms with E-state index >= 15 is 0 Å². The van der Waals surface area contributed by atoms with Gasteiger partial charge in [0.1, 0.15) is 12.5 Å². The number of urea groups is 1. The number of carbonyl (C=O) groups excluding carboxylic acids is 2. The van der Waals surface area contributed by atoms with Gasteiger partial charge in [0.25, 0.3) is 0 Å². The van der Waals surface area contributed by atoms with E-state index in [4.69, 9.17) is 14.2 Å². The molecule has 7 nitrogen and oxygen atoms in total. The van der Waals surface area contributed by atoms with Crippen LogP contribution in [0.4, 0.5) is 4.79 Å². The number of rotatable bonds is 4. The number of methoxy groups -OCH3 is 1. The fourth-order valence-electron chi connectivity index (χ4n) is 3.08. The normalized spacial score (nSPS) is 27.7. The van der Waals surface area contributed by atoms with E-state index in [1.165, 1.54) is 13.2 Å². The zero-order chi connectivity index (χ0) is 16.6. The summed E-state index contributed by atoms with van der Waals surface area (Å²) >= 11 is 0. The molecule has 122 valence electrons. The molecule has 3 rings (SSSR count). The van der Waals surface area contributed by atoms with Crippen LogP contribution in [0.15, 0.2) is 30.9 Å². The van der Waals surface area contributed by atoms with E-state index in [1.807, 2.05) is 0 Å². The van der Waals surface area contributed by atoms with E-state index in [1.54, 1.807) is 25.1 Å². The van der Waals surface area contributed by atoms with Gasteiger partial charge in [-0.2, -0.15) is 0 Å². The largest absolute Gasteiger partial charge is 0.493 e. The van der Waals surface area contributed by atoms with Crippen LogP contribution in [0, 0.1) is 5.92 Å². The van der Waals surface area contributed by atoms with Gasteiger partial charge in [-0.1, -0.05) is 24.8 Å². The highest BCUT2D eigenvalue weighted by Crippen LogP contribution is 2.48. The Labute approximate surface area is 133 Å². The average Bonchev–Trinajstić information content (AvgIpc) is 2.50. The summed E-state index contributed by atoms with van der Waals surface area (Å²) in [7, 11) is 1.54. The maximum absolute atomic E-state index is 12.5. The predicted molar refractivity (Wildman–Crippen MR) is 81.1 cm³/mol. The smallest absolute Gasteiger partial charge is 0.318 e. The first kappa shape index (κ1) is 15.2. The summed E-state index contributed by atoms with van der Waals surface area (Å²) < 4.78 is 16.5. The van der Waals surface area contributed by atoms with Crippen molar-refractivity contribution in [2.45, 2.75) is 18.7 Å². The van der Waals surface area contributed by atoms with E-state index in [9.17, 15) is 9.59 Å². The lowest BCUT2D eigenvalue weighted by Gasteiger charge is -2.49. The Morgan fingerprint density at radius 1 is 1.52 bits per heavy atom. The predicted octanol–water partition coefficient (Wildman–Crippen LogP) is 1.50. The SMILES string of the molecule is C=CCOC(=O)[C@H]1[C@H]2NC(=O)N[C@@]1(C)Oc1c(OC)cccc12. The molecule has 0 unspecified atom stereocenters. The standard InChI is InChI=1S/C16H18N2O5/c1-4-8-22-14(19)11-12-9-6-5-7-10(21-3)13(9)23-16(11,2)18-15(20)17-12/h4-7,11-12H,1,8H2,2-3H3,(H2,17,18,20)/t11-,12+,16+/m1/s1. The highest BCUT2D eigenvalue weighted by atomic mass is 16.6. The first-order valence-corrected chi connectivity index (χ1v) is 7.22. The molecule has 2 N–H and O–H groups in total. The molecule has 1 aromatic carbocycles. The third-order valence-electron chi connectivity index (χ3n) is 4.05. The minimum Gasteiger partial charge on any atom is -0.493 e. The van der Waals surface area contributed by atoms with Gasteiger partial charge in [-0.05, 0) is 13.0 Å². The summed E-state index contributed by atoms with van der Waals surface area (Å²) in [6.45, 7) is 5.27. The first-order chi connectivity index (χ1) is 11.0. The van der Waals surface area contributed by atoms with Crippen molar-refractivity contribution in [3.63, 3.8) is 0 Å². The van der Waals surface area contributed by atoms with Crippen molar-refractivity contribution < 1.29 is 23.8 Å². The molecular formula is C16H18N2O5. The lowest BCUT2D eigenvalue weighted by atomic mass is 9.80. The summed E-state index contributed by atoms with van der Waals surface area (Å²) in [5.41, 5.74) is -0.551. The van der Waals surface area contributed by atoms with Gasteiger partial charge >= 0.3 is 12.0 Å².